The first-order valence-corrected chi connectivity index (χ1v) is 9.80. The van der Waals surface area contributed by atoms with Crippen molar-refractivity contribution in [3.63, 3.8) is 0 Å². The Kier molecular flexibility index (Phi) is 6.32. The summed E-state index contributed by atoms with van der Waals surface area (Å²) in [6.07, 6.45) is 1.01. The molecular formula is C23H26N2O4. The molecule has 0 radical (unpaired) electrons. The van der Waals surface area contributed by atoms with Gasteiger partial charge in [0.15, 0.2) is 6.61 Å². The van der Waals surface area contributed by atoms with Gasteiger partial charge in [-0.1, -0.05) is 36.8 Å². The van der Waals surface area contributed by atoms with Crippen LogP contribution in [-0.2, 0) is 25.5 Å². The van der Waals surface area contributed by atoms with Crippen LogP contribution in [0.3, 0.4) is 0 Å². The van der Waals surface area contributed by atoms with Crippen LogP contribution in [0.2, 0.25) is 0 Å². The van der Waals surface area contributed by atoms with E-state index in [1.807, 2.05) is 56.3 Å². The number of ether oxygens (including phenoxy) is 1. The van der Waals surface area contributed by atoms with Gasteiger partial charge < -0.3 is 15.0 Å². The molecule has 6 nitrogen and oxygen atoms in total. The molecule has 1 atom stereocenters. The minimum atomic E-state index is -0.567. The summed E-state index contributed by atoms with van der Waals surface area (Å²) in [7, 11) is 0. The first kappa shape index (κ1) is 20.6. The quantitative estimate of drug-likeness (QED) is 0.762. The number of carbonyl (C=O) groups is 3. The average molecular weight is 394 g/mol. The lowest BCUT2D eigenvalue weighted by atomic mass is 10.1. The zero-order chi connectivity index (χ0) is 21.0. The SMILES string of the molecule is CCc1ccc(N2C[C@@H](C(=O)OCC(=O)Nc3ccc(C)cc3C)CC2=O)cc1. The van der Waals surface area contributed by atoms with Gasteiger partial charge in [-0.05, 0) is 49.6 Å². The van der Waals surface area contributed by atoms with Crippen molar-refractivity contribution in [3.05, 3.63) is 59.2 Å². The van der Waals surface area contributed by atoms with Crippen molar-refractivity contribution in [1.82, 2.24) is 0 Å². The summed E-state index contributed by atoms with van der Waals surface area (Å²) in [4.78, 5) is 38.4. The predicted octanol–water partition coefficient (Wildman–Crippen LogP) is 3.40. The average Bonchev–Trinajstić information content (AvgIpc) is 3.10. The smallest absolute Gasteiger partial charge is 0.311 e. The van der Waals surface area contributed by atoms with Crippen LogP contribution in [0.4, 0.5) is 11.4 Å². The molecule has 1 heterocycles. The zero-order valence-corrected chi connectivity index (χ0v) is 17.0. The highest BCUT2D eigenvalue weighted by Crippen LogP contribution is 2.26. The molecule has 0 aromatic heterocycles. The minimum absolute atomic E-state index is 0.0903. The van der Waals surface area contributed by atoms with Crippen molar-refractivity contribution < 1.29 is 19.1 Å². The van der Waals surface area contributed by atoms with E-state index < -0.39 is 17.8 Å². The van der Waals surface area contributed by atoms with E-state index >= 15 is 0 Å². The molecule has 3 rings (SSSR count). The van der Waals surface area contributed by atoms with Crippen LogP contribution in [0, 0.1) is 19.8 Å². The van der Waals surface area contributed by atoms with Crippen molar-refractivity contribution in [2.75, 3.05) is 23.4 Å². The summed E-state index contributed by atoms with van der Waals surface area (Å²) in [6, 6.07) is 13.4. The molecule has 0 aliphatic carbocycles. The summed E-state index contributed by atoms with van der Waals surface area (Å²) in [5.74, 6) is -1.61. The Bertz CT molecular complexity index is 921. The molecule has 1 aliphatic heterocycles. The predicted molar refractivity (Wildman–Crippen MR) is 112 cm³/mol. The van der Waals surface area contributed by atoms with Gasteiger partial charge in [0.25, 0.3) is 5.91 Å². The summed E-state index contributed by atoms with van der Waals surface area (Å²) < 4.78 is 5.16. The van der Waals surface area contributed by atoms with Crippen molar-refractivity contribution in [1.29, 1.82) is 0 Å². The number of hydrogen-bond donors (Lipinski definition) is 1. The highest BCUT2D eigenvalue weighted by Gasteiger charge is 2.36. The van der Waals surface area contributed by atoms with Gasteiger partial charge >= 0.3 is 5.97 Å². The maximum absolute atomic E-state index is 12.4. The Balaban J connectivity index is 1.52. The van der Waals surface area contributed by atoms with Gasteiger partial charge in [-0.25, -0.2) is 0 Å². The Hall–Kier alpha value is -3.15. The standard InChI is InChI=1S/C23H26N2O4/c1-4-17-6-8-19(9-7-17)25-13-18(12-22(25)27)23(28)29-14-21(26)24-20-10-5-15(2)11-16(20)3/h5-11,18H,4,12-14H2,1-3H3,(H,24,26)/t18-/m0/s1. The van der Waals surface area contributed by atoms with Gasteiger partial charge in [-0.15, -0.1) is 0 Å². The Morgan fingerprint density at radius 3 is 2.52 bits per heavy atom. The van der Waals surface area contributed by atoms with E-state index in [1.54, 1.807) is 4.90 Å². The highest BCUT2D eigenvalue weighted by molar-refractivity contribution is 6.00. The van der Waals surface area contributed by atoms with E-state index in [9.17, 15) is 14.4 Å². The molecule has 1 N–H and O–H groups in total. The lowest BCUT2D eigenvalue weighted by molar-refractivity contribution is -0.151. The fraction of sp³-hybridized carbons (Fsp3) is 0.348. The maximum atomic E-state index is 12.4. The molecule has 0 bridgehead atoms. The van der Waals surface area contributed by atoms with E-state index in [0.717, 1.165) is 23.2 Å². The summed E-state index contributed by atoms with van der Waals surface area (Å²) in [5.41, 5.74) is 4.69. The lowest BCUT2D eigenvalue weighted by Gasteiger charge is -2.17. The first-order chi connectivity index (χ1) is 13.9. The van der Waals surface area contributed by atoms with Gasteiger partial charge in [-0.3, -0.25) is 14.4 Å². The maximum Gasteiger partial charge on any atom is 0.311 e. The molecule has 0 unspecified atom stereocenters. The molecule has 2 amide bonds. The van der Waals surface area contributed by atoms with Crippen LogP contribution in [0.5, 0.6) is 0 Å². The van der Waals surface area contributed by atoms with Crippen LogP contribution in [-0.4, -0.2) is 30.9 Å². The van der Waals surface area contributed by atoms with Gasteiger partial charge in [0.05, 0.1) is 5.92 Å². The number of nitrogens with one attached hydrogen (secondary N) is 1. The number of carbonyl (C=O) groups excluding carboxylic acids is 3. The second-order valence-corrected chi connectivity index (χ2v) is 7.40. The van der Waals surface area contributed by atoms with Crippen LogP contribution in [0.1, 0.15) is 30.0 Å². The fourth-order valence-electron chi connectivity index (χ4n) is 3.42. The van der Waals surface area contributed by atoms with Crippen molar-refractivity contribution in [2.45, 2.75) is 33.6 Å². The molecule has 0 spiro atoms. The Morgan fingerprint density at radius 2 is 1.86 bits per heavy atom. The lowest BCUT2D eigenvalue weighted by Crippen LogP contribution is -2.28. The minimum Gasteiger partial charge on any atom is -0.455 e. The number of amides is 2. The number of aryl methyl sites for hydroxylation is 3. The first-order valence-electron chi connectivity index (χ1n) is 9.80. The molecule has 1 saturated heterocycles. The number of hydrogen-bond acceptors (Lipinski definition) is 4. The van der Waals surface area contributed by atoms with Gasteiger partial charge in [0.1, 0.15) is 0 Å². The fourth-order valence-corrected chi connectivity index (χ4v) is 3.42. The molecule has 0 saturated carbocycles. The molecule has 29 heavy (non-hydrogen) atoms. The van der Waals surface area contributed by atoms with Gasteiger partial charge in [-0.2, -0.15) is 0 Å². The van der Waals surface area contributed by atoms with E-state index in [-0.39, 0.29) is 25.5 Å². The Morgan fingerprint density at radius 1 is 1.14 bits per heavy atom. The molecule has 6 heteroatoms. The normalized spacial score (nSPS) is 16.0. The second-order valence-electron chi connectivity index (χ2n) is 7.40. The largest absolute Gasteiger partial charge is 0.455 e. The third-order valence-corrected chi connectivity index (χ3v) is 5.12. The van der Waals surface area contributed by atoms with Gasteiger partial charge in [0.2, 0.25) is 5.91 Å². The molecule has 2 aromatic carbocycles. The molecule has 2 aromatic rings. The number of anilines is 2. The molecular weight excluding hydrogens is 368 g/mol. The highest BCUT2D eigenvalue weighted by atomic mass is 16.5. The van der Waals surface area contributed by atoms with Crippen molar-refractivity contribution in [3.8, 4) is 0 Å². The van der Waals surface area contributed by atoms with Crippen LogP contribution < -0.4 is 10.2 Å². The van der Waals surface area contributed by atoms with Crippen LogP contribution in [0.25, 0.3) is 0 Å². The van der Waals surface area contributed by atoms with Crippen LogP contribution >= 0.6 is 0 Å². The topological polar surface area (TPSA) is 75.7 Å². The summed E-state index contributed by atoms with van der Waals surface area (Å²) in [5, 5.41) is 2.74. The monoisotopic (exact) mass is 394 g/mol. The number of esters is 1. The summed E-state index contributed by atoms with van der Waals surface area (Å²) >= 11 is 0. The number of benzene rings is 2. The second kappa shape index (κ2) is 8.90. The summed E-state index contributed by atoms with van der Waals surface area (Å²) in [6.45, 7) is 5.84. The van der Waals surface area contributed by atoms with E-state index in [0.29, 0.717) is 5.69 Å². The molecule has 1 fully saturated rings. The zero-order valence-electron chi connectivity index (χ0n) is 17.0. The molecule has 152 valence electrons. The molecule has 1 aliphatic rings. The van der Waals surface area contributed by atoms with Crippen molar-refractivity contribution >= 4 is 29.2 Å². The van der Waals surface area contributed by atoms with E-state index in [4.69, 9.17) is 4.74 Å². The van der Waals surface area contributed by atoms with Crippen LogP contribution in [0.15, 0.2) is 42.5 Å². The van der Waals surface area contributed by atoms with Crippen molar-refractivity contribution in [2.24, 2.45) is 5.92 Å². The number of nitrogens with zero attached hydrogens (tertiary/aromatic N) is 1. The van der Waals surface area contributed by atoms with E-state index in [2.05, 4.69) is 12.2 Å². The third kappa shape index (κ3) is 5.02. The third-order valence-electron chi connectivity index (χ3n) is 5.12. The Labute approximate surface area is 170 Å². The number of rotatable bonds is 6. The van der Waals surface area contributed by atoms with Gasteiger partial charge in [0, 0.05) is 24.3 Å². The van der Waals surface area contributed by atoms with E-state index in [1.165, 1.54) is 5.56 Å².